The first kappa shape index (κ1) is 14.2. The van der Waals surface area contributed by atoms with Crippen LogP contribution >= 0.6 is 0 Å². The van der Waals surface area contributed by atoms with Gasteiger partial charge in [-0.25, -0.2) is 0 Å². The minimum absolute atomic E-state index is 0.309. The molecule has 1 aliphatic carbocycles. The van der Waals surface area contributed by atoms with Crippen molar-refractivity contribution in [1.82, 2.24) is 5.32 Å². The summed E-state index contributed by atoms with van der Waals surface area (Å²) in [5.74, 6) is 1.01. The van der Waals surface area contributed by atoms with Gasteiger partial charge in [0.2, 0.25) is 0 Å². The molecular formula is C16H25NO2. The summed E-state index contributed by atoms with van der Waals surface area (Å²) in [7, 11) is 1.61. The normalized spacial score (nSPS) is 17.6. The van der Waals surface area contributed by atoms with E-state index in [0.29, 0.717) is 16.9 Å². The predicted octanol–water partition coefficient (Wildman–Crippen LogP) is 3.46. The van der Waals surface area contributed by atoms with Gasteiger partial charge in [-0.2, -0.15) is 0 Å². The Labute approximate surface area is 116 Å². The van der Waals surface area contributed by atoms with E-state index in [0.717, 1.165) is 18.7 Å². The number of ether oxygens (including phenoxy) is 1. The molecule has 0 aliphatic heterocycles. The maximum Gasteiger partial charge on any atom is 0.123 e. The maximum atomic E-state index is 9.92. The number of rotatable bonds is 6. The second-order valence-corrected chi connectivity index (χ2v) is 5.66. The molecule has 0 heterocycles. The second-order valence-electron chi connectivity index (χ2n) is 5.66. The van der Waals surface area contributed by atoms with Gasteiger partial charge in [-0.05, 0) is 30.7 Å². The van der Waals surface area contributed by atoms with Crippen LogP contribution in [0.2, 0.25) is 0 Å². The molecule has 0 atom stereocenters. The van der Waals surface area contributed by atoms with Crippen molar-refractivity contribution in [1.29, 1.82) is 0 Å². The Morgan fingerprint density at radius 3 is 2.63 bits per heavy atom. The summed E-state index contributed by atoms with van der Waals surface area (Å²) in [5, 5.41) is 13.4. The Morgan fingerprint density at radius 2 is 2.05 bits per heavy atom. The van der Waals surface area contributed by atoms with Crippen LogP contribution in [-0.2, 0) is 6.54 Å². The quantitative estimate of drug-likeness (QED) is 0.826. The van der Waals surface area contributed by atoms with Crippen LogP contribution in [0.4, 0.5) is 0 Å². The molecule has 1 aromatic carbocycles. The molecule has 2 rings (SSSR count). The van der Waals surface area contributed by atoms with E-state index in [9.17, 15) is 5.11 Å². The molecule has 0 radical (unpaired) electrons. The van der Waals surface area contributed by atoms with E-state index < -0.39 is 0 Å². The van der Waals surface area contributed by atoms with Gasteiger partial charge in [0, 0.05) is 24.7 Å². The van der Waals surface area contributed by atoms with Crippen molar-refractivity contribution < 1.29 is 9.84 Å². The van der Waals surface area contributed by atoms with Crippen molar-refractivity contribution in [2.75, 3.05) is 13.7 Å². The summed E-state index contributed by atoms with van der Waals surface area (Å²) in [6.45, 7) is 4.06. The number of hydrogen-bond acceptors (Lipinski definition) is 3. The molecule has 0 unspecified atom stereocenters. The lowest BCUT2D eigenvalue weighted by atomic mass is 9.83. The molecule has 2 N–H and O–H groups in total. The van der Waals surface area contributed by atoms with Crippen LogP contribution in [0, 0.1) is 5.41 Å². The van der Waals surface area contributed by atoms with Gasteiger partial charge in [-0.3, -0.25) is 0 Å². The molecule has 0 spiro atoms. The molecule has 0 saturated heterocycles. The highest BCUT2D eigenvalue weighted by Crippen LogP contribution is 2.40. The number of hydrogen-bond donors (Lipinski definition) is 2. The van der Waals surface area contributed by atoms with Gasteiger partial charge in [-0.15, -0.1) is 0 Å². The first-order valence-corrected chi connectivity index (χ1v) is 7.26. The first-order valence-electron chi connectivity index (χ1n) is 7.26. The van der Waals surface area contributed by atoms with Gasteiger partial charge in [0.1, 0.15) is 11.5 Å². The molecule has 1 fully saturated rings. The standard InChI is InChI=1S/C16H25NO2/c1-3-16(8-4-5-9-16)12-17-11-13-6-7-14(19-2)10-15(13)18/h6-7,10,17-18H,3-5,8-9,11-12H2,1-2H3. The smallest absolute Gasteiger partial charge is 0.123 e. The van der Waals surface area contributed by atoms with Crippen molar-refractivity contribution in [2.24, 2.45) is 5.41 Å². The molecule has 0 bridgehead atoms. The first-order chi connectivity index (χ1) is 9.19. The van der Waals surface area contributed by atoms with Crippen LogP contribution < -0.4 is 10.1 Å². The minimum atomic E-state index is 0.309. The van der Waals surface area contributed by atoms with E-state index >= 15 is 0 Å². The summed E-state index contributed by atoms with van der Waals surface area (Å²) in [4.78, 5) is 0. The summed E-state index contributed by atoms with van der Waals surface area (Å²) in [6.07, 6.45) is 6.65. The number of methoxy groups -OCH3 is 1. The van der Waals surface area contributed by atoms with Gasteiger partial charge in [0.15, 0.2) is 0 Å². The fraction of sp³-hybridized carbons (Fsp3) is 0.625. The molecule has 1 aliphatic rings. The van der Waals surface area contributed by atoms with E-state index in [2.05, 4.69) is 12.2 Å². The van der Waals surface area contributed by atoms with Gasteiger partial charge >= 0.3 is 0 Å². The highest BCUT2D eigenvalue weighted by molar-refractivity contribution is 5.39. The third kappa shape index (κ3) is 3.41. The number of phenols is 1. The summed E-state index contributed by atoms with van der Waals surface area (Å²) in [5.41, 5.74) is 1.42. The molecule has 3 heteroatoms. The van der Waals surface area contributed by atoms with E-state index in [1.807, 2.05) is 12.1 Å². The average molecular weight is 263 g/mol. The van der Waals surface area contributed by atoms with Crippen molar-refractivity contribution in [3.8, 4) is 11.5 Å². The molecule has 3 nitrogen and oxygen atoms in total. The number of aromatic hydroxyl groups is 1. The van der Waals surface area contributed by atoms with Crippen LogP contribution in [0.15, 0.2) is 18.2 Å². The largest absolute Gasteiger partial charge is 0.507 e. The lowest BCUT2D eigenvalue weighted by Gasteiger charge is -2.27. The Morgan fingerprint density at radius 1 is 1.32 bits per heavy atom. The van der Waals surface area contributed by atoms with E-state index in [1.165, 1.54) is 32.1 Å². The fourth-order valence-electron chi connectivity index (χ4n) is 3.06. The van der Waals surface area contributed by atoms with Crippen LogP contribution in [0.3, 0.4) is 0 Å². The molecule has 0 aromatic heterocycles. The van der Waals surface area contributed by atoms with Crippen molar-refractivity contribution >= 4 is 0 Å². The van der Waals surface area contributed by atoms with E-state index in [1.54, 1.807) is 13.2 Å². The molecule has 19 heavy (non-hydrogen) atoms. The number of benzene rings is 1. The average Bonchev–Trinajstić information content (AvgIpc) is 2.90. The summed E-state index contributed by atoms with van der Waals surface area (Å²) < 4.78 is 5.09. The van der Waals surface area contributed by atoms with Crippen molar-refractivity contribution in [3.05, 3.63) is 23.8 Å². The van der Waals surface area contributed by atoms with E-state index in [4.69, 9.17) is 4.74 Å². The van der Waals surface area contributed by atoms with Crippen LogP contribution in [0.1, 0.15) is 44.6 Å². The zero-order valence-electron chi connectivity index (χ0n) is 12.0. The maximum absolute atomic E-state index is 9.92. The van der Waals surface area contributed by atoms with Gasteiger partial charge < -0.3 is 15.2 Å². The van der Waals surface area contributed by atoms with Gasteiger partial charge in [0.05, 0.1) is 7.11 Å². The monoisotopic (exact) mass is 263 g/mol. The molecular weight excluding hydrogens is 238 g/mol. The van der Waals surface area contributed by atoms with Crippen molar-refractivity contribution in [2.45, 2.75) is 45.6 Å². The second kappa shape index (κ2) is 6.29. The van der Waals surface area contributed by atoms with Gasteiger partial charge in [0.25, 0.3) is 0 Å². The van der Waals surface area contributed by atoms with Crippen LogP contribution in [-0.4, -0.2) is 18.8 Å². The molecule has 0 amide bonds. The van der Waals surface area contributed by atoms with Crippen molar-refractivity contribution in [3.63, 3.8) is 0 Å². The van der Waals surface area contributed by atoms with Crippen LogP contribution in [0.25, 0.3) is 0 Å². The highest BCUT2D eigenvalue weighted by atomic mass is 16.5. The lowest BCUT2D eigenvalue weighted by molar-refractivity contribution is 0.267. The molecule has 1 aromatic rings. The lowest BCUT2D eigenvalue weighted by Crippen LogP contribution is -2.31. The number of phenolic OH excluding ortho intramolecular Hbond substituents is 1. The third-order valence-electron chi connectivity index (χ3n) is 4.52. The zero-order valence-corrected chi connectivity index (χ0v) is 12.0. The SMILES string of the molecule is CCC1(CNCc2ccc(OC)cc2O)CCCC1. The summed E-state index contributed by atoms with van der Waals surface area (Å²) >= 11 is 0. The molecule has 106 valence electrons. The van der Waals surface area contributed by atoms with Crippen LogP contribution in [0.5, 0.6) is 11.5 Å². The molecule has 1 saturated carbocycles. The van der Waals surface area contributed by atoms with E-state index in [-0.39, 0.29) is 0 Å². The Balaban J connectivity index is 1.88. The van der Waals surface area contributed by atoms with Gasteiger partial charge in [-0.1, -0.05) is 25.8 Å². The topological polar surface area (TPSA) is 41.5 Å². The highest BCUT2D eigenvalue weighted by Gasteiger charge is 2.31. The Kier molecular flexibility index (Phi) is 4.70. The number of nitrogens with one attached hydrogen (secondary N) is 1. The third-order valence-corrected chi connectivity index (χ3v) is 4.52. The zero-order chi connectivity index (χ0) is 13.7. The Bertz CT molecular complexity index is 411. The minimum Gasteiger partial charge on any atom is -0.507 e. The Hall–Kier alpha value is -1.22. The predicted molar refractivity (Wildman–Crippen MR) is 77.6 cm³/mol. The fourth-order valence-corrected chi connectivity index (χ4v) is 3.06. The summed E-state index contributed by atoms with van der Waals surface area (Å²) in [6, 6.07) is 5.48.